The third-order valence-corrected chi connectivity index (χ3v) is 3.88. The van der Waals surface area contributed by atoms with Crippen LogP contribution in [0.1, 0.15) is 46.0 Å². The van der Waals surface area contributed by atoms with Crippen LogP contribution < -0.4 is 10.7 Å². The smallest absolute Gasteiger partial charge is 0.240 e. The normalized spacial score (nSPS) is 25.1. The maximum atomic E-state index is 11.6. The van der Waals surface area contributed by atoms with Crippen molar-refractivity contribution in [1.82, 2.24) is 10.7 Å². The van der Waals surface area contributed by atoms with Crippen LogP contribution >= 0.6 is 0 Å². The molecule has 1 saturated carbocycles. The monoisotopic (exact) mass is 251 g/mol. The Labute approximate surface area is 107 Å². The lowest BCUT2D eigenvalue weighted by atomic mass is 10.1. The number of rotatable bonds is 5. The molecule has 0 saturated heterocycles. The predicted octanol–water partition coefficient (Wildman–Crippen LogP) is 1.19. The highest BCUT2D eigenvalue weighted by Gasteiger charge is 2.45. The average Bonchev–Trinajstić information content (AvgIpc) is 2.94. The fraction of sp³-hybridized carbons (Fsp3) is 0.769. The lowest BCUT2D eigenvalue weighted by Crippen LogP contribution is -2.29. The summed E-state index contributed by atoms with van der Waals surface area (Å²) in [6, 6.07) is 0. The number of amides is 2. The van der Waals surface area contributed by atoms with Crippen molar-refractivity contribution >= 4 is 17.5 Å². The molecule has 5 heteroatoms. The van der Waals surface area contributed by atoms with Crippen LogP contribution in [0.3, 0.4) is 0 Å². The maximum absolute atomic E-state index is 11.6. The highest BCUT2D eigenvalue weighted by atomic mass is 16.2. The van der Waals surface area contributed by atoms with Crippen LogP contribution in [0.2, 0.25) is 0 Å². The first-order chi connectivity index (χ1) is 8.47. The molecule has 5 nitrogen and oxygen atoms in total. The van der Waals surface area contributed by atoms with E-state index in [1.54, 1.807) is 0 Å². The molecular weight excluding hydrogens is 230 g/mol. The number of nitrogens with zero attached hydrogens (tertiary/aromatic N) is 1. The molecular formula is C13H21N3O2. The summed E-state index contributed by atoms with van der Waals surface area (Å²) >= 11 is 0. The van der Waals surface area contributed by atoms with Crippen molar-refractivity contribution in [1.29, 1.82) is 0 Å². The lowest BCUT2D eigenvalue weighted by Gasteiger charge is -2.11. The van der Waals surface area contributed by atoms with Crippen LogP contribution in [0.25, 0.3) is 0 Å². The summed E-state index contributed by atoms with van der Waals surface area (Å²) in [6.45, 7) is 5.24. The van der Waals surface area contributed by atoms with Gasteiger partial charge in [0.1, 0.15) is 0 Å². The third-order valence-electron chi connectivity index (χ3n) is 3.88. The van der Waals surface area contributed by atoms with Crippen LogP contribution in [-0.2, 0) is 9.59 Å². The number of hydrogen-bond acceptors (Lipinski definition) is 3. The minimum absolute atomic E-state index is 0.0424. The van der Waals surface area contributed by atoms with Crippen molar-refractivity contribution in [2.75, 3.05) is 6.54 Å². The third kappa shape index (κ3) is 3.55. The molecule has 0 aromatic heterocycles. The van der Waals surface area contributed by atoms with E-state index >= 15 is 0 Å². The molecule has 2 N–H and O–H groups in total. The van der Waals surface area contributed by atoms with Gasteiger partial charge >= 0.3 is 0 Å². The Morgan fingerprint density at radius 3 is 2.78 bits per heavy atom. The number of carbonyl (C=O) groups is 2. The van der Waals surface area contributed by atoms with Gasteiger partial charge in [-0.3, -0.25) is 9.59 Å². The molecule has 100 valence electrons. The Balaban J connectivity index is 1.62. The Morgan fingerprint density at radius 2 is 2.22 bits per heavy atom. The Morgan fingerprint density at radius 1 is 1.50 bits per heavy atom. The summed E-state index contributed by atoms with van der Waals surface area (Å²) in [7, 11) is 0. The Bertz CT molecular complexity index is 388. The van der Waals surface area contributed by atoms with E-state index in [1.165, 1.54) is 6.42 Å². The van der Waals surface area contributed by atoms with Gasteiger partial charge < -0.3 is 5.32 Å². The summed E-state index contributed by atoms with van der Waals surface area (Å²) in [6.07, 6.45) is 3.46. The average molecular weight is 251 g/mol. The van der Waals surface area contributed by atoms with Crippen LogP contribution in [0.15, 0.2) is 5.10 Å². The van der Waals surface area contributed by atoms with Gasteiger partial charge in [-0.25, -0.2) is 5.43 Å². The van der Waals surface area contributed by atoms with Gasteiger partial charge in [-0.2, -0.15) is 5.10 Å². The van der Waals surface area contributed by atoms with Crippen molar-refractivity contribution < 1.29 is 9.59 Å². The maximum Gasteiger partial charge on any atom is 0.240 e. The number of carbonyl (C=O) groups excluding carboxylic acids is 2. The Hall–Kier alpha value is -1.39. The minimum atomic E-state index is -0.0424. The lowest BCUT2D eigenvalue weighted by molar-refractivity contribution is -0.121. The van der Waals surface area contributed by atoms with E-state index in [0.29, 0.717) is 37.0 Å². The largest absolute Gasteiger partial charge is 0.356 e. The molecule has 18 heavy (non-hydrogen) atoms. The highest BCUT2D eigenvalue weighted by molar-refractivity contribution is 5.94. The van der Waals surface area contributed by atoms with E-state index in [0.717, 1.165) is 12.3 Å². The molecule has 2 aliphatic rings. The number of nitrogens with one attached hydrogen (secondary N) is 2. The minimum Gasteiger partial charge on any atom is -0.356 e. The van der Waals surface area contributed by atoms with Crippen molar-refractivity contribution in [2.45, 2.75) is 46.0 Å². The highest BCUT2D eigenvalue weighted by Crippen LogP contribution is 2.50. The molecule has 1 aliphatic carbocycles. The zero-order valence-corrected chi connectivity index (χ0v) is 11.1. The molecule has 0 bridgehead atoms. The van der Waals surface area contributed by atoms with Crippen LogP contribution in [-0.4, -0.2) is 24.1 Å². The van der Waals surface area contributed by atoms with Gasteiger partial charge in [0.15, 0.2) is 0 Å². The molecule has 1 unspecified atom stereocenters. The van der Waals surface area contributed by atoms with E-state index < -0.39 is 0 Å². The van der Waals surface area contributed by atoms with Gasteiger partial charge in [0.2, 0.25) is 11.8 Å². The molecule has 2 rings (SSSR count). The fourth-order valence-corrected chi connectivity index (χ4v) is 2.20. The van der Waals surface area contributed by atoms with E-state index in [9.17, 15) is 9.59 Å². The van der Waals surface area contributed by atoms with E-state index in [2.05, 4.69) is 29.7 Å². The van der Waals surface area contributed by atoms with Crippen LogP contribution in [0.5, 0.6) is 0 Å². The first-order valence-electron chi connectivity index (χ1n) is 6.58. The number of hydrogen-bond donors (Lipinski definition) is 2. The first kappa shape index (κ1) is 13.1. The molecule has 2 amide bonds. The quantitative estimate of drug-likeness (QED) is 0.770. The summed E-state index contributed by atoms with van der Waals surface area (Å²) in [4.78, 5) is 22.5. The molecule has 1 atom stereocenters. The second kappa shape index (κ2) is 5.08. The zero-order valence-electron chi connectivity index (χ0n) is 11.1. The molecule has 1 aliphatic heterocycles. The Kier molecular flexibility index (Phi) is 3.68. The molecule has 0 aromatic carbocycles. The van der Waals surface area contributed by atoms with Gasteiger partial charge in [0.05, 0.1) is 0 Å². The number of hydrazone groups is 1. The SMILES string of the molecule is CC1(C)CC1CNC(=O)CCC1=NNC(=O)CC1. The van der Waals surface area contributed by atoms with Gasteiger partial charge in [-0.05, 0) is 30.6 Å². The van der Waals surface area contributed by atoms with Crippen LogP contribution in [0.4, 0.5) is 0 Å². The molecule has 1 fully saturated rings. The van der Waals surface area contributed by atoms with E-state index in [4.69, 9.17) is 0 Å². The van der Waals surface area contributed by atoms with Crippen molar-refractivity contribution in [3.8, 4) is 0 Å². The standard InChI is InChI=1S/C13H21N3O2/c1-13(2)7-9(13)8-14-11(17)5-3-10-4-6-12(18)16-15-10/h9H,3-8H2,1-2H3,(H,14,17)(H,16,18). The van der Waals surface area contributed by atoms with Gasteiger partial charge in [-0.15, -0.1) is 0 Å². The van der Waals surface area contributed by atoms with Crippen molar-refractivity contribution in [3.05, 3.63) is 0 Å². The summed E-state index contributed by atoms with van der Waals surface area (Å²) in [5.41, 5.74) is 3.77. The van der Waals surface area contributed by atoms with Crippen LogP contribution in [0, 0.1) is 11.3 Å². The molecule has 1 heterocycles. The van der Waals surface area contributed by atoms with Gasteiger partial charge in [0, 0.05) is 25.1 Å². The van der Waals surface area contributed by atoms with Gasteiger partial charge in [0.25, 0.3) is 0 Å². The second-order valence-electron chi connectivity index (χ2n) is 5.91. The summed E-state index contributed by atoms with van der Waals surface area (Å²) in [5.74, 6) is 0.671. The van der Waals surface area contributed by atoms with Crippen molar-refractivity contribution in [2.24, 2.45) is 16.4 Å². The topological polar surface area (TPSA) is 70.6 Å². The molecule has 0 aromatic rings. The zero-order chi connectivity index (χ0) is 13.2. The predicted molar refractivity (Wildman–Crippen MR) is 68.9 cm³/mol. The summed E-state index contributed by atoms with van der Waals surface area (Å²) < 4.78 is 0. The second-order valence-corrected chi connectivity index (χ2v) is 5.91. The van der Waals surface area contributed by atoms with Crippen molar-refractivity contribution in [3.63, 3.8) is 0 Å². The summed E-state index contributed by atoms with van der Waals surface area (Å²) in [5, 5.41) is 6.92. The molecule has 0 spiro atoms. The fourth-order valence-electron chi connectivity index (χ4n) is 2.20. The first-order valence-corrected chi connectivity index (χ1v) is 6.58. The van der Waals surface area contributed by atoms with Gasteiger partial charge in [-0.1, -0.05) is 13.8 Å². The van der Waals surface area contributed by atoms with E-state index in [1.807, 2.05) is 0 Å². The van der Waals surface area contributed by atoms with E-state index in [-0.39, 0.29) is 11.8 Å². The molecule has 0 radical (unpaired) electrons.